The molecule has 4 atom stereocenters. The molecule has 2 aromatic carbocycles. The highest BCUT2D eigenvalue weighted by Gasteiger charge is 2.47. The summed E-state index contributed by atoms with van der Waals surface area (Å²) in [5, 5.41) is 18.9. The van der Waals surface area contributed by atoms with Crippen molar-refractivity contribution in [3.8, 4) is 0 Å². The number of nitrogens with one attached hydrogen (secondary N) is 2. The highest BCUT2D eigenvalue weighted by Crippen LogP contribution is 2.31. The second-order valence-corrected chi connectivity index (χ2v) is 13.7. The van der Waals surface area contributed by atoms with Crippen molar-refractivity contribution < 1.29 is 24.3 Å². The van der Waals surface area contributed by atoms with Crippen molar-refractivity contribution in [2.75, 3.05) is 13.1 Å². The number of oxime groups is 1. The van der Waals surface area contributed by atoms with Crippen LogP contribution in [0.15, 0.2) is 53.7 Å². The highest BCUT2D eigenvalue weighted by molar-refractivity contribution is 6.42. The first-order valence-corrected chi connectivity index (χ1v) is 16.4. The largest absolute Gasteiger partial charge is 0.444 e. The number of rotatable bonds is 11. The number of halogens is 2. The van der Waals surface area contributed by atoms with Gasteiger partial charge in [0, 0.05) is 38.1 Å². The second kappa shape index (κ2) is 15.8. The molecular weight excluding hydrogens is 631 g/mol. The van der Waals surface area contributed by atoms with E-state index in [1.807, 2.05) is 18.2 Å². The maximum atomic E-state index is 14.3. The minimum Gasteiger partial charge on any atom is -0.444 e. The second-order valence-electron chi connectivity index (χ2n) is 12.9. The number of alkyl carbamates (subject to hydrolysis) is 1. The quantitative estimate of drug-likeness (QED) is 0.117. The van der Waals surface area contributed by atoms with Gasteiger partial charge >= 0.3 is 6.09 Å². The summed E-state index contributed by atoms with van der Waals surface area (Å²) in [6.07, 6.45) is 2.39. The Morgan fingerprint density at radius 1 is 1.13 bits per heavy atom. The van der Waals surface area contributed by atoms with E-state index in [2.05, 4.69) is 32.8 Å². The average molecular weight is 676 g/mol. The van der Waals surface area contributed by atoms with E-state index >= 15 is 0 Å². The summed E-state index contributed by atoms with van der Waals surface area (Å²) < 4.78 is 5.49. The molecule has 2 fully saturated rings. The molecule has 2 aliphatic heterocycles. The van der Waals surface area contributed by atoms with E-state index in [9.17, 15) is 19.6 Å². The molecule has 2 aliphatic rings. The van der Waals surface area contributed by atoms with Crippen LogP contribution in [-0.4, -0.2) is 81.6 Å². The van der Waals surface area contributed by atoms with Crippen LogP contribution < -0.4 is 16.4 Å². The zero-order valence-corrected chi connectivity index (χ0v) is 28.1. The predicted octanol–water partition coefficient (Wildman–Crippen LogP) is 4.71. The van der Waals surface area contributed by atoms with Gasteiger partial charge in [0.2, 0.25) is 11.8 Å². The van der Waals surface area contributed by atoms with E-state index in [1.54, 1.807) is 43.9 Å². The number of carbonyl (C=O) groups excluding carboxylic acids is 3. The standard InChI is InChI=1S/C33H44Cl2N6O5/c1-33(2,3)46-32(44)38-23-18-28-31(43)40(16-15-24(41(28)20-23)11-9-21-7-5-4-6-8-21)27(13-14-29(36)39-45)30(42)37-19-22-10-12-25(34)26(35)17-22/h4-8,10,12,17,23-24,27-28,45H,9,11,13-16,18-20H2,1-3H3,(H2,36,39)(H,37,42)(H,38,44)/t23-,24?,27-,28+/m1/s1. The number of hydrogen-bond acceptors (Lipinski definition) is 7. The van der Waals surface area contributed by atoms with Gasteiger partial charge in [-0.15, -0.1) is 0 Å². The molecule has 0 aromatic heterocycles. The zero-order chi connectivity index (χ0) is 33.4. The summed E-state index contributed by atoms with van der Waals surface area (Å²) in [6.45, 7) is 6.43. The Kier molecular flexibility index (Phi) is 12.2. The van der Waals surface area contributed by atoms with Crippen LogP contribution in [0.5, 0.6) is 0 Å². The summed E-state index contributed by atoms with van der Waals surface area (Å²) in [5.74, 6) is -0.583. The number of nitrogens with zero attached hydrogens (tertiary/aromatic N) is 3. The van der Waals surface area contributed by atoms with Crippen molar-refractivity contribution in [2.24, 2.45) is 10.9 Å². The van der Waals surface area contributed by atoms with Gasteiger partial charge in [-0.1, -0.05) is 64.8 Å². The fraction of sp³-hybridized carbons (Fsp3) is 0.515. The van der Waals surface area contributed by atoms with Crippen LogP contribution in [0.3, 0.4) is 0 Å². The minimum absolute atomic E-state index is 0.0330. The van der Waals surface area contributed by atoms with Gasteiger partial charge in [0.15, 0.2) is 0 Å². The van der Waals surface area contributed by atoms with Crippen molar-refractivity contribution >= 4 is 46.9 Å². The number of ether oxygens (including phenoxy) is 1. The normalized spacial score (nSPS) is 21.3. The molecule has 0 bridgehead atoms. The van der Waals surface area contributed by atoms with E-state index < -0.39 is 23.8 Å². The van der Waals surface area contributed by atoms with Gasteiger partial charge in [-0.05, 0) is 76.1 Å². The molecule has 46 heavy (non-hydrogen) atoms. The van der Waals surface area contributed by atoms with Gasteiger partial charge in [-0.3, -0.25) is 14.5 Å². The Labute approximate surface area is 280 Å². The molecule has 2 heterocycles. The van der Waals surface area contributed by atoms with E-state index in [4.69, 9.17) is 33.7 Å². The maximum Gasteiger partial charge on any atom is 0.407 e. The Hall–Kier alpha value is -3.54. The van der Waals surface area contributed by atoms with Crippen LogP contribution in [-0.2, 0) is 27.3 Å². The number of amidine groups is 1. The smallest absolute Gasteiger partial charge is 0.407 e. The SMILES string of the molecule is CC(C)(C)OC(=O)N[C@@H]1C[C@H]2C(=O)N([C@H](CC/C(N)=N/O)C(=O)NCc3ccc(Cl)c(Cl)c3)CCC(CCc3ccccc3)N2C1. The molecule has 4 rings (SSSR count). The first-order valence-electron chi connectivity index (χ1n) is 15.6. The molecule has 250 valence electrons. The number of nitrogens with two attached hydrogens (primary N) is 1. The molecule has 5 N–H and O–H groups in total. The molecule has 2 aromatic rings. The highest BCUT2D eigenvalue weighted by atomic mass is 35.5. The van der Waals surface area contributed by atoms with Gasteiger partial charge in [-0.2, -0.15) is 0 Å². The van der Waals surface area contributed by atoms with Crippen LogP contribution in [0.2, 0.25) is 10.0 Å². The van der Waals surface area contributed by atoms with Crippen LogP contribution in [0.25, 0.3) is 0 Å². The van der Waals surface area contributed by atoms with Gasteiger partial charge < -0.3 is 31.2 Å². The summed E-state index contributed by atoms with van der Waals surface area (Å²) in [5.41, 5.74) is 7.09. The lowest BCUT2D eigenvalue weighted by molar-refractivity contribution is -0.143. The van der Waals surface area contributed by atoms with E-state index in [0.29, 0.717) is 36.0 Å². The summed E-state index contributed by atoms with van der Waals surface area (Å²) >= 11 is 12.2. The lowest BCUT2D eigenvalue weighted by Crippen LogP contribution is -2.53. The number of amides is 3. The first-order chi connectivity index (χ1) is 21.8. The third kappa shape index (κ3) is 9.73. The van der Waals surface area contributed by atoms with Crippen molar-refractivity contribution in [1.82, 2.24) is 20.4 Å². The minimum atomic E-state index is -0.872. The van der Waals surface area contributed by atoms with Gasteiger partial charge in [0.05, 0.1) is 16.1 Å². The third-order valence-corrected chi connectivity index (χ3v) is 9.08. The number of hydrogen-bond donors (Lipinski definition) is 4. The Bertz CT molecular complexity index is 1400. The Morgan fingerprint density at radius 2 is 1.87 bits per heavy atom. The number of carbonyl (C=O) groups is 3. The van der Waals surface area contributed by atoms with E-state index in [1.165, 1.54) is 5.56 Å². The lowest BCUT2D eigenvalue weighted by Gasteiger charge is -2.32. The number of aryl methyl sites for hydroxylation is 1. The topological polar surface area (TPSA) is 150 Å². The van der Waals surface area contributed by atoms with E-state index in [-0.39, 0.29) is 49.1 Å². The summed E-state index contributed by atoms with van der Waals surface area (Å²) in [7, 11) is 0. The molecule has 3 amide bonds. The van der Waals surface area contributed by atoms with Crippen molar-refractivity contribution in [3.05, 3.63) is 69.7 Å². The van der Waals surface area contributed by atoms with Gasteiger partial charge in [-0.25, -0.2) is 4.79 Å². The van der Waals surface area contributed by atoms with Crippen LogP contribution in [0.1, 0.15) is 64.0 Å². The average Bonchev–Trinajstić information content (AvgIpc) is 3.37. The van der Waals surface area contributed by atoms with Crippen LogP contribution >= 0.6 is 23.2 Å². The molecule has 0 radical (unpaired) electrons. The lowest BCUT2D eigenvalue weighted by atomic mass is 10.0. The fourth-order valence-corrected chi connectivity index (χ4v) is 6.48. The Morgan fingerprint density at radius 3 is 2.54 bits per heavy atom. The van der Waals surface area contributed by atoms with Crippen molar-refractivity contribution in [1.29, 1.82) is 0 Å². The Balaban J connectivity index is 1.57. The predicted molar refractivity (Wildman–Crippen MR) is 178 cm³/mol. The summed E-state index contributed by atoms with van der Waals surface area (Å²) in [6, 6.07) is 13.6. The van der Waals surface area contributed by atoms with Crippen LogP contribution in [0, 0.1) is 0 Å². The van der Waals surface area contributed by atoms with E-state index in [0.717, 1.165) is 18.4 Å². The van der Waals surface area contributed by atoms with Crippen molar-refractivity contribution in [2.45, 2.75) is 95.6 Å². The van der Waals surface area contributed by atoms with Crippen LogP contribution in [0.4, 0.5) is 4.79 Å². The molecule has 0 aliphatic carbocycles. The molecule has 0 spiro atoms. The number of benzene rings is 2. The molecule has 0 saturated carbocycles. The third-order valence-electron chi connectivity index (χ3n) is 8.34. The maximum absolute atomic E-state index is 14.3. The molecule has 2 saturated heterocycles. The fourth-order valence-electron chi connectivity index (χ4n) is 6.16. The first kappa shape index (κ1) is 35.3. The number of fused-ring (bicyclic) bond motifs is 1. The van der Waals surface area contributed by atoms with Gasteiger partial charge in [0.25, 0.3) is 0 Å². The van der Waals surface area contributed by atoms with Crippen molar-refractivity contribution in [3.63, 3.8) is 0 Å². The molecule has 11 nitrogen and oxygen atoms in total. The molecule has 1 unspecified atom stereocenters. The monoisotopic (exact) mass is 674 g/mol. The summed E-state index contributed by atoms with van der Waals surface area (Å²) in [4.78, 5) is 44.6. The molecular formula is C33H44Cl2N6O5. The van der Waals surface area contributed by atoms with Gasteiger partial charge in [0.1, 0.15) is 17.5 Å². The zero-order valence-electron chi connectivity index (χ0n) is 26.5. The molecule has 13 heteroatoms.